The van der Waals surface area contributed by atoms with Gasteiger partial charge in [-0.1, -0.05) is 6.08 Å². The normalized spacial score (nSPS) is 11.2. The van der Waals surface area contributed by atoms with Gasteiger partial charge < -0.3 is 5.73 Å². The van der Waals surface area contributed by atoms with Crippen molar-refractivity contribution in [1.82, 2.24) is 14.4 Å². The molecular formula is C10H10N4O. The van der Waals surface area contributed by atoms with Gasteiger partial charge in [-0.25, -0.2) is 9.97 Å². The molecule has 5 nitrogen and oxygen atoms in total. The predicted molar refractivity (Wildman–Crippen MR) is 55.8 cm³/mol. The SMILES string of the molecule is NC(=O)CC=Cc1cnc2ncccn12. The first kappa shape index (κ1) is 9.39. The Morgan fingerprint density at radius 2 is 2.40 bits per heavy atom. The lowest BCUT2D eigenvalue weighted by Crippen LogP contribution is -2.07. The smallest absolute Gasteiger partial charge is 0.234 e. The fraction of sp³-hybridized carbons (Fsp3) is 0.100. The molecule has 2 rings (SSSR count). The second-order valence-corrected chi connectivity index (χ2v) is 3.05. The van der Waals surface area contributed by atoms with Crippen LogP contribution in [0.25, 0.3) is 11.9 Å². The molecule has 0 radical (unpaired) electrons. The summed E-state index contributed by atoms with van der Waals surface area (Å²) in [4.78, 5) is 18.7. The van der Waals surface area contributed by atoms with Crippen molar-refractivity contribution in [2.24, 2.45) is 5.73 Å². The topological polar surface area (TPSA) is 73.3 Å². The van der Waals surface area contributed by atoms with Gasteiger partial charge >= 0.3 is 0 Å². The molecule has 5 heteroatoms. The quantitative estimate of drug-likeness (QED) is 0.792. The van der Waals surface area contributed by atoms with E-state index in [0.717, 1.165) is 5.69 Å². The minimum Gasteiger partial charge on any atom is -0.369 e. The standard InChI is InChI=1S/C10H10N4O/c11-9(15)4-1-3-8-7-13-10-12-5-2-6-14(8)10/h1-3,5-7H,4H2,(H2,11,15). The zero-order valence-corrected chi connectivity index (χ0v) is 8.00. The number of hydrogen-bond acceptors (Lipinski definition) is 3. The minimum atomic E-state index is -0.349. The first-order valence-electron chi connectivity index (χ1n) is 4.50. The van der Waals surface area contributed by atoms with Gasteiger partial charge in [0.05, 0.1) is 11.9 Å². The lowest BCUT2D eigenvalue weighted by molar-refractivity contribution is -0.117. The second-order valence-electron chi connectivity index (χ2n) is 3.05. The van der Waals surface area contributed by atoms with Crippen LogP contribution in [0.5, 0.6) is 0 Å². The van der Waals surface area contributed by atoms with E-state index in [9.17, 15) is 4.79 Å². The van der Waals surface area contributed by atoms with Crippen LogP contribution in [0, 0.1) is 0 Å². The number of imidazole rings is 1. The van der Waals surface area contributed by atoms with Gasteiger partial charge in [-0.3, -0.25) is 9.20 Å². The highest BCUT2D eigenvalue weighted by molar-refractivity contribution is 5.76. The van der Waals surface area contributed by atoms with E-state index in [-0.39, 0.29) is 12.3 Å². The van der Waals surface area contributed by atoms with Crippen molar-refractivity contribution in [3.8, 4) is 0 Å². The lowest BCUT2D eigenvalue weighted by atomic mass is 10.3. The van der Waals surface area contributed by atoms with Gasteiger partial charge in [-0.2, -0.15) is 0 Å². The Labute approximate surface area is 86.3 Å². The summed E-state index contributed by atoms with van der Waals surface area (Å²) in [6, 6.07) is 1.82. The van der Waals surface area contributed by atoms with E-state index < -0.39 is 0 Å². The highest BCUT2D eigenvalue weighted by Gasteiger charge is 1.98. The lowest BCUT2D eigenvalue weighted by Gasteiger charge is -1.93. The van der Waals surface area contributed by atoms with E-state index in [2.05, 4.69) is 9.97 Å². The van der Waals surface area contributed by atoms with Crippen LogP contribution in [-0.4, -0.2) is 20.3 Å². The van der Waals surface area contributed by atoms with Gasteiger partial charge in [-0.05, 0) is 12.1 Å². The fourth-order valence-corrected chi connectivity index (χ4v) is 1.27. The Morgan fingerprint density at radius 3 is 3.20 bits per heavy atom. The van der Waals surface area contributed by atoms with E-state index in [1.165, 1.54) is 0 Å². The zero-order chi connectivity index (χ0) is 10.7. The maximum Gasteiger partial charge on any atom is 0.234 e. The van der Waals surface area contributed by atoms with Crippen molar-refractivity contribution in [3.05, 3.63) is 36.4 Å². The summed E-state index contributed by atoms with van der Waals surface area (Å²) in [5.74, 6) is 0.287. The molecule has 0 atom stereocenters. The van der Waals surface area contributed by atoms with E-state index in [4.69, 9.17) is 5.73 Å². The highest BCUT2D eigenvalue weighted by atomic mass is 16.1. The molecule has 1 amide bonds. The first-order chi connectivity index (χ1) is 7.27. The van der Waals surface area contributed by atoms with Crippen molar-refractivity contribution in [1.29, 1.82) is 0 Å². The van der Waals surface area contributed by atoms with Crippen LogP contribution in [0.3, 0.4) is 0 Å². The average molecular weight is 202 g/mol. The molecule has 0 spiro atoms. The van der Waals surface area contributed by atoms with E-state index in [1.807, 2.05) is 16.7 Å². The summed E-state index contributed by atoms with van der Waals surface area (Å²) in [6.07, 6.45) is 8.97. The summed E-state index contributed by atoms with van der Waals surface area (Å²) in [5.41, 5.74) is 5.89. The summed E-state index contributed by atoms with van der Waals surface area (Å²) in [7, 11) is 0. The van der Waals surface area contributed by atoms with Crippen molar-refractivity contribution >= 4 is 17.8 Å². The van der Waals surface area contributed by atoms with Crippen LogP contribution in [-0.2, 0) is 4.79 Å². The van der Waals surface area contributed by atoms with Crippen LogP contribution >= 0.6 is 0 Å². The third-order valence-electron chi connectivity index (χ3n) is 1.92. The molecule has 0 unspecified atom stereocenters. The molecule has 0 fully saturated rings. The first-order valence-corrected chi connectivity index (χ1v) is 4.50. The summed E-state index contributed by atoms with van der Waals surface area (Å²) in [6.45, 7) is 0. The number of primary amides is 1. The van der Waals surface area contributed by atoms with Crippen LogP contribution in [0.15, 0.2) is 30.7 Å². The molecule has 2 aromatic heterocycles. The molecule has 2 aromatic rings. The Kier molecular flexibility index (Phi) is 2.45. The average Bonchev–Trinajstić information content (AvgIpc) is 2.62. The maximum absolute atomic E-state index is 10.5. The molecule has 0 saturated carbocycles. The van der Waals surface area contributed by atoms with Crippen molar-refractivity contribution in [3.63, 3.8) is 0 Å². The summed E-state index contributed by atoms with van der Waals surface area (Å²) < 4.78 is 1.83. The molecule has 0 aliphatic heterocycles. The summed E-state index contributed by atoms with van der Waals surface area (Å²) >= 11 is 0. The molecule has 0 aromatic carbocycles. The van der Waals surface area contributed by atoms with Gasteiger partial charge in [0.1, 0.15) is 0 Å². The predicted octanol–water partition coefficient (Wildman–Crippen LogP) is 0.618. The number of hydrogen-bond donors (Lipinski definition) is 1. The Bertz CT molecular complexity index is 515. The third kappa shape index (κ3) is 2.01. The highest BCUT2D eigenvalue weighted by Crippen LogP contribution is 2.05. The van der Waals surface area contributed by atoms with Crippen LogP contribution in [0.1, 0.15) is 12.1 Å². The number of carbonyl (C=O) groups excluding carboxylic acids is 1. The van der Waals surface area contributed by atoms with Gasteiger partial charge in [-0.15, -0.1) is 0 Å². The van der Waals surface area contributed by atoms with Crippen LogP contribution in [0.2, 0.25) is 0 Å². The van der Waals surface area contributed by atoms with Gasteiger partial charge in [0, 0.05) is 18.8 Å². The zero-order valence-electron chi connectivity index (χ0n) is 8.00. The molecular weight excluding hydrogens is 192 g/mol. The molecule has 2 N–H and O–H groups in total. The molecule has 0 aliphatic carbocycles. The van der Waals surface area contributed by atoms with Crippen LogP contribution < -0.4 is 5.73 Å². The number of nitrogens with zero attached hydrogens (tertiary/aromatic N) is 3. The monoisotopic (exact) mass is 202 g/mol. The number of aromatic nitrogens is 3. The molecule has 0 saturated heterocycles. The van der Waals surface area contributed by atoms with Crippen molar-refractivity contribution in [2.75, 3.05) is 0 Å². The Balaban J connectivity index is 2.28. The number of rotatable bonds is 3. The van der Waals surface area contributed by atoms with Crippen LogP contribution in [0.4, 0.5) is 0 Å². The molecule has 76 valence electrons. The van der Waals surface area contributed by atoms with Gasteiger partial charge in [0.25, 0.3) is 0 Å². The van der Waals surface area contributed by atoms with E-state index >= 15 is 0 Å². The number of carbonyl (C=O) groups is 1. The molecule has 2 heterocycles. The van der Waals surface area contributed by atoms with E-state index in [1.54, 1.807) is 24.5 Å². The second kappa shape index (κ2) is 3.91. The van der Waals surface area contributed by atoms with Gasteiger partial charge in [0.2, 0.25) is 11.7 Å². The van der Waals surface area contributed by atoms with Crippen molar-refractivity contribution in [2.45, 2.75) is 6.42 Å². The van der Waals surface area contributed by atoms with E-state index in [0.29, 0.717) is 5.78 Å². The maximum atomic E-state index is 10.5. The molecule has 0 bridgehead atoms. The third-order valence-corrected chi connectivity index (χ3v) is 1.92. The molecule has 15 heavy (non-hydrogen) atoms. The minimum absolute atomic E-state index is 0.230. The van der Waals surface area contributed by atoms with Crippen molar-refractivity contribution < 1.29 is 4.79 Å². The Hall–Kier alpha value is -2.17. The largest absolute Gasteiger partial charge is 0.369 e. The number of nitrogens with two attached hydrogens (primary N) is 1. The Morgan fingerprint density at radius 1 is 1.53 bits per heavy atom. The summed E-state index contributed by atoms with van der Waals surface area (Å²) in [5, 5.41) is 0. The number of fused-ring (bicyclic) bond motifs is 1. The van der Waals surface area contributed by atoms with Gasteiger partial charge in [0.15, 0.2) is 0 Å². The number of amides is 1. The fourth-order valence-electron chi connectivity index (χ4n) is 1.27. The molecule has 0 aliphatic rings.